The molecule has 2 rings (SSSR count). The van der Waals surface area contributed by atoms with Crippen LogP contribution in [-0.2, 0) is 11.2 Å². The Labute approximate surface area is 142 Å². The van der Waals surface area contributed by atoms with Gasteiger partial charge in [-0.3, -0.25) is 4.79 Å². The molecule has 128 valence electrons. The van der Waals surface area contributed by atoms with Gasteiger partial charge in [0.15, 0.2) is 0 Å². The number of carbonyl (C=O) groups excluding carboxylic acids is 1. The predicted octanol–water partition coefficient (Wildman–Crippen LogP) is 3.30. The van der Waals surface area contributed by atoms with E-state index in [1.54, 1.807) is 25.3 Å². The van der Waals surface area contributed by atoms with Crippen LogP contribution in [0.15, 0.2) is 42.5 Å². The fraction of sp³-hybridized carbons (Fsp3) is 0.316. The van der Waals surface area contributed by atoms with E-state index in [1.807, 2.05) is 25.1 Å². The summed E-state index contributed by atoms with van der Waals surface area (Å²) in [7, 11) is 1.62. The zero-order valence-corrected chi connectivity index (χ0v) is 14.1. The van der Waals surface area contributed by atoms with Crippen LogP contribution >= 0.6 is 0 Å². The van der Waals surface area contributed by atoms with Crippen molar-refractivity contribution in [1.82, 2.24) is 5.32 Å². The molecule has 0 aliphatic rings. The van der Waals surface area contributed by atoms with Crippen LogP contribution in [0.4, 0.5) is 10.1 Å². The van der Waals surface area contributed by atoms with Crippen molar-refractivity contribution in [2.24, 2.45) is 0 Å². The highest BCUT2D eigenvalue weighted by Gasteiger charge is 2.06. The Morgan fingerprint density at radius 2 is 1.96 bits per heavy atom. The van der Waals surface area contributed by atoms with Gasteiger partial charge in [0.05, 0.1) is 12.8 Å². The van der Waals surface area contributed by atoms with Crippen molar-refractivity contribution in [1.29, 1.82) is 0 Å². The minimum absolute atomic E-state index is 0.0644. The van der Waals surface area contributed by atoms with Crippen LogP contribution in [0.5, 0.6) is 5.75 Å². The van der Waals surface area contributed by atoms with E-state index in [-0.39, 0.29) is 11.7 Å². The number of amides is 1. The molecule has 4 nitrogen and oxygen atoms in total. The minimum Gasteiger partial charge on any atom is -0.495 e. The molecular weight excluding hydrogens is 307 g/mol. The molecule has 0 spiro atoms. The first-order valence-corrected chi connectivity index (χ1v) is 7.99. The molecule has 0 unspecified atom stereocenters. The predicted molar refractivity (Wildman–Crippen MR) is 94.0 cm³/mol. The second-order valence-corrected chi connectivity index (χ2v) is 5.57. The number of benzene rings is 2. The number of anilines is 1. The average molecular weight is 330 g/mol. The largest absolute Gasteiger partial charge is 0.495 e. The van der Waals surface area contributed by atoms with Crippen LogP contribution < -0.4 is 15.4 Å². The fourth-order valence-electron chi connectivity index (χ4n) is 2.40. The molecule has 0 radical (unpaired) electrons. The first kappa shape index (κ1) is 17.8. The number of nitrogens with one attached hydrogen (secondary N) is 2. The minimum atomic E-state index is -0.236. The van der Waals surface area contributed by atoms with Crippen LogP contribution in [0.1, 0.15) is 17.5 Å². The van der Waals surface area contributed by atoms with Crippen LogP contribution in [0.25, 0.3) is 0 Å². The maximum atomic E-state index is 13.5. The molecule has 0 aromatic heterocycles. The number of rotatable bonds is 8. The second-order valence-electron chi connectivity index (χ2n) is 5.57. The molecule has 0 bridgehead atoms. The maximum absolute atomic E-state index is 13.5. The molecule has 0 aliphatic heterocycles. The second kappa shape index (κ2) is 8.91. The number of hydrogen-bond acceptors (Lipinski definition) is 3. The van der Waals surface area contributed by atoms with Crippen LogP contribution in [-0.4, -0.2) is 26.1 Å². The van der Waals surface area contributed by atoms with Crippen LogP contribution in [0.3, 0.4) is 0 Å². The van der Waals surface area contributed by atoms with E-state index < -0.39 is 0 Å². The standard InChI is InChI=1S/C19H23FN2O2/c1-14-7-8-18(24-2)17(13-14)21-12-10-19(23)22-11-9-15-5-3-4-6-16(15)20/h3-8,13,21H,9-12H2,1-2H3,(H,22,23). The molecule has 0 saturated heterocycles. The molecule has 5 heteroatoms. The third-order valence-electron chi connectivity index (χ3n) is 3.70. The van der Waals surface area contributed by atoms with Gasteiger partial charge in [-0.2, -0.15) is 0 Å². The lowest BCUT2D eigenvalue weighted by Crippen LogP contribution is -2.27. The summed E-state index contributed by atoms with van der Waals surface area (Å²) in [5.74, 6) is 0.450. The van der Waals surface area contributed by atoms with Crippen molar-refractivity contribution >= 4 is 11.6 Å². The number of carbonyl (C=O) groups is 1. The van der Waals surface area contributed by atoms with Crippen LogP contribution in [0.2, 0.25) is 0 Å². The summed E-state index contributed by atoms with van der Waals surface area (Å²) in [6.07, 6.45) is 0.825. The van der Waals surface area contributed by atoms with Gasteiger partial charge in [-0.25, -0.2) is 4.39 Å². The van der Waals surface area contributed by atoms with E-state index in [9.17, 15) is 9.18 Å². The molecule has 24 heavy (non-hydrogen) atoms. The Hall–Kier alpha value is -2.56. The number of halogens is 1. The van der Waals surface area contributed by atoms with Crippen molar-refractivity contribution in [3.63, 3.8) is 0 Å². The van der Waals surface area contributed by atoms with Gasteiger partial charge in [0.2, 0.25) is 5.91 Å². The van der Waals surface area contributed by atoms with Crippen LogP contribution in [0, 0.1) is 12.7 Å². The number of methoxy groups -OCH3 is 1. The summed E-state index contributed by atoms with van der Waals surface area (Å²) in [5.41, 5.74) is 2.60. The first-order valence-electron chi connectivity index (χ1n) is 7.99. The van der Waals surface area contributed by atoms with E-state index >= 15 is 0 Å². The Morgan fingerprint density at radius 3 is 2.71 bits per heavy atom. The van der Waals surface area contributed by atoms with E-state index in [0.717, 1.165) is 17.0 Å². The molecule has 0 fully saturated rings. The number of ether oxygens (including phenoxy) is 1. The van der Waals surface area contributed by atoms with E-state index in [0.29, 0.717) is 31.5 Å². The summed E-state index contributed by atoms with van der Waals surface area (Å²) >= 11 is 0. The molecule has 0 atom stereocenters. The van der Waals surface area contributed by atoms with E-state index in [2.05, 4.69) is 10.6 Å². The van der Waals surface area contributed by atoms with Gasteiger partial charge >= 0.3 is 0 Å². The summed E-state index contributed by atoms with van der Waals surface area (Å²) in [6.45, 7) is 2.93. The zero-order valence-electron chi connectivity index (χ0n) is 14.1. The highest BCUT2D eigenvalue weighted by atomic mass is 19.1. The smallest absolute Gasteiger partial charge is 0.221 e. The molecule has 2 aromatic carbocycles. The quantitative estimate of drug-likeness (QED) is 0.781. The highest BCUT2D eigenvalue weighted by molar-refractivity contribution is 5.76. The fourth-order valence-corrected chi connectivity index (χ4v) is 2.40. The Kier molecular flexibility index (Phi) is 6.61. The summed E-state index contributed by atoms with van der Waals surface area (Å²) < 4.78 is 18.8. The zero-order chi connectivity index (χ0) is 17.4. The topological polar surface area (TPSA) is 50.4 Å². The van der Waals surface area contributed by atoms with Gasteiger partial charge in [-0.1, -0.05) is 24.3 Å². The Bertz CT molecular complexity index is 689. The Morgan fingerprint density at radius 1 is 1.17 bits per heavy atom. The lowest BCUT2D eigenvalue weighted by molar-refractivity contribution is -0.120. The molecule has 0 aliphatic carbocycles. The summed E-state index contributed by atoms with van der Waals surface area (Å²) in [4.78, 5) is 11.9. The lowest BCUT2D eigenvalue weighted by atomic mass is 10.1. The Balaban J connectivity index is 1.72. The van der Waals surface area contributed by atoms with Crippen molar-refractivity contribution in [3.8, 4) is 5.75 Å². The van der Waals surface area contributed by atoms with E-state index in [4.69, 9.17) is 4.74 Å². The normalized spacial score (nSPS) is 10.3. The molecule has 2 N–H and O–H groups in total. The van der Waals surface area contributed by atoms with E-state index in [1.165, 1.54) is 6.07 Å². The van der Waals surface area contributed by atoms with Gasteiger partial charge in [0, 0.05) is 19.5 Å². The number of aryl methyl sites for hydroxylation is 1. The monoisotopic (exact) mass is 330 g/mol. The molecular formula is C19H23FN2O2. The average Bonchev–Trinajstić information content (AvgIpc) is 2.57. The van der Waals surface area contributed by atoms with Gasteiger partial charge in [-0.15, -0.1) is 0 Å². The summed E-state index contributed by atoms with van der Waals surface area (Å²) in [6, 6.07) is 12.5. The van der Waals surface area contributed by atoms with Crippen molar-refractivity contribution < 1.29 is 13.9 Å². The first-order chi connectivity index (χ1) is 11.6. The highest BCUT2D eigenvalue weighted by Crippen LogP contribution is 2.24. The van der Waals surface area contributed by atoms with Crippen molar-refractivity contribution in [2.45, 2.75) is 19.8 Å². The van der Waals surface area contributed by atoms with Crippen molar-refractivity contribution in [3.05, 3.63) is 59.4 Å². The molecule has 2 aromatic rings. The van der Waals surface area contributed by atoms with Gasteiger partial charge in [0.1, 0.15) is 11.6 Å². The molecule has 0 saturated carbocycles. The summed E-state index contributed by atoms with van der Waals surface area (Å²) in [5, 5.41) is 6.02. The van der Waals surface area contributed by atoms with Crippen molar-refractivity contribution in [2.75, 3.05) is 25.5 Å². The van der Waals surface area contributed by atoms with Gasteiger partial charge in [-0.05, 0) is 42.7 Å². The lowest BCUT2D eigenvalue weighted by Gasteiger charge is -2.12. The third-order valence-corrected chi connectivity index (χ3v) is 3.70. The third kappa shape index (κ3) is 5.26. The van der Waals surface area contributed by atoms with Gasteiger partial charge in [0.25, 0.3) is 0 Å². The van der Waals surface area contributed by atoms with Gasteiger partial charge < -0.3 is 15.4 Å². The number of hydrogen-bond donors (Lipinski definition) is 2. The molecule has 1 amide bonds. The maximum Gasteiger partial charge on any atom is 0.221 e. The molecule has 0 heterocycles. The SMILES string of the molecule is COc1ccc(C)cc1NCCC(=O)NCCc1ccccc1F.